The highest BCUT2D eigenvalue weighted by atomic mass is 19.2. The van der Waals surface area contributed by atoms with Gasteiger partial charge < -0.3 is 5.32 Å². The third-order valence-corrected chi connectivity index (χ3v) is 2.82. The van der Waals surface area contributed by atoms with Crippen LogP contribution in [0, 0.1) is 24.4 Å². The lowest BCUT2D eigenvalue weighted by atomic mass is 10.1. The molecule has 0 aliphatic heterocycles. The smallest absolute Gasteiger partial charge is 0.254 e. The third-order valence-electron chi connectivity index (χ3n) is 2.82. The predicted octanol–water partition coefficient (Wildman–Crippen LogP) is 3.34. The van der Waals surface area contributed by atoms with Gasteiger partial charge in [-0.15, -0.1) is 0 Å². The van der Waals surface area contributed by atoms with E-state index < -0.39 is 28.9 Å². The van der Waals surface area contributed by atoms with Crippen molar-refractivity contribution in [3.63, 3.8) is 0 Å². The Morgan fingerprint density at radius 1 is 1.10 bits per heavy atom. The van der Waals surface area contributed by atoms with Crippen molar-refractivity contribution in [2.75, 3.05) is 0 Å². The second-order valence-electron chi connectivity index (χ2n) is 4.39. The van der Waals surface area contributed by atoms with Crippen LogP contribution in [-0.4, -0.2) is 5.91 Å². The minimum Gasteiger partial charge on any atom is -0.348 e. The topological polar surface area (TPSA) is 29.1 Å². The number of carbonyl (C=O) groups is 1. The standard InChI is InChI=1S/C15H12F3NO/c1-9-3-2-4-10(7-9)8-19-15(20)11-5-6-12(16)14(18)13(11)17/h2-7H,8H2,1H3,(H,19,20). The normalized spacial score (nSPS) is 10.4. The fraction of sp³-hybridized carbons (Fsp3) is 0.133. The lowest BCUT2D eigenvalue weighted by Crippen LogP contribution is -2.24. The van der Waals surface area contributed by atoms with Crippen molar-refractivity contribution in [2.24, 2.45) is 0 Å². The minimum atomic E-state index is -1.65. The van der Waals surface area contributed by atoms with Crippen molar-refractivity contribution >= 4 is 5.91 Å². The lowest BCUT2D eigenvalue weighted by Gasteiger charge is -2.07. The molecule has 0 aromatic heterocycles. The van der Waals surface area contributed by atoms with E-state index >= 15 is 0 Å². The fourth-order valence-electron chi connectivity index (χ4n) is 1.80. The number of rotatable bonds is 3. The Kier molecular flexibility index (Phi) is 4.08. The first-order valence-electron chi connectivity index (χ1n) is 5.96. The Morgan fingerprint density at radius 3 is 2.55 bits per heavy atom. The molecule has 2 aromatic rings. The van der Waals surface area contributed by atoms with Crippen LogP contribution >= 0.6 is 0 Å². The molecular weight excluding hydrogens is 267 g/mol. The molecule has 0 unspecified atom stereocenters. The number of hydrogen-bond acceptors (Lipinski definition) is 1. The monoisotopic (exact) mass is 279 g/mol. The first-order chi connectivity index (χ1) is 9.49. The summed E-state index contributed by atoms with van der Waals surface area (Å²) in [6.45, 7) is 2.08. The zero-order valence-corrected chi connectivity index (χ0v) is 10.7. The number of amides is 1. The Labute approximate surface area is 114 Å². The van der Waals surface area contributed by atoms with Crippen LogP contribution in [0.2, 0.25) is 0 Å². The van der Waals surface area contributed by atoms with Crippen LogP contribution in [0.25, 0.3) is 0 Å². The van der Waals surface area contributed by atoms with Crippen LogP contribution in [-0.2, 0) is 6.54 Å². The first-order valence-corrected chi connectivity index (χ1v) is 5.96. The summed E-state index contributed by atoms with van der Waals surface area (Å²) in [5, 5.41) is 2.46. The number of nitrogens with one attached hydrogen (secondary N) is 1. The molecule has 20 heavy (non-hydrogen) atoms. The Bertz CT molecular complexity index is 656. The SMILES string of the molecule is Cc1cccc(CNC(=O)c2ccc(F)c(F)c2F)c1. The molecule has 1 N–H and O–H groups in total. The molecule has 0 radical (unpaired) electrons. The Balaban J connectivity index is 2.11. The number of halogens is 3. The van der Waals surface area contributed by atoms with E-state index in [1.165, 1.54) is 0 Å². The van der Waals surface area contributed by atoms with Gasteiger partial charge in [-0.2, -0.15) is 0 Å². The average Bonchev–Trinajstić information content (AvgIpc) is 2.42. The fourth-order valence-corrected chi connectivity index (χ4v) is 1.80. The maximum absolute atomic E-state index is 13.4. The van der Waals surface area contributed by atoms with Crippen LogP contribution in [0.1, 0.15) is 21.5 Å². The number of hydrogen-bond donors (Lipinski definition) is 1. The molecule has 0 aliphatic carbocycles. The molecule has 0 heterocycles. The zero-order chi connectivity index (χ0) is 14.7. The first kappa shape index (κ1) is 14.1. The highest BCUT2D eigenvalue weighted by molar-refractivity contribution is 5.94. The van der Waals surface area contributed by atoms with Gasteiger partial charge in [0.25, 0.3) is 5.91 Å². The van der Waals surface area contributed by atoms with E-state index in [2.05, 4.69) is 5.32 Å². The van der Waals surface area contributed by atoms with Crippen LogP contribution in [0.4, 0.5) is 13.2 Å². The zero-order valence-electron chi connectivity index (χ0n) is 10.7. The van der Waals surface area contributed by atoms with Gasteiger partial charge in [-0.25, -0.2) is 13.2 Å². The number of benzene rings is 2. The second kappa shape index (κ2) is 5.77. The minimum absolute atomic E-state index is 0.180. The maximum atomic E-state index is 13.4. The van der Waals surface area contributed by atoms with Gasteiger partial charge in [-0.1, -0.05) is 29.8 Å². The molecule has 0 saturated carbocycles. The summed E-state index contributed by atoms with van der Waals surface area (Å²) in [6.07, 6.45) is 0. The third kappa shape index (κ3) is 2.99. The summed E-state index contributed by atoms with van der Waals surface area (Å²) in [4.78, 5) is 11.7. The number of carbonyl (C=O) groups excluding carboxylic acids is 1. The molecule has 2 rings (SSSR count). The molecule has 0 saturated heterocycles. The molecule has 2 nitrogen and oxygen atoms in total. The average molecular weight is 279 g/mol. The van der Waals surface area contributed by atoms with E-state index in [0.717, 1.165) is 23.3 Å². The number of aryl methyl sites for hydroxylation is 1. The van der Waals surface area contributed by atoms with E-state index in [0.29, 0.717) is 0 Å². The van der Waals surface area contributed by atoms with E-state index in [1.54, 1.807) is 6.07 Å². The van der Waals surface area contributed by atoms with E-state index in [9.17, 15) is 18.0 Å². The molecule has 0 aliphatic rings. The predicted molar refractivity (Wildman–Crippen MR) is 68.7 cm³/mol. The van der Waals surface area contributed by atoms with Gasteiger partial charge in [0.05, 0.1) is 5.56 Å². The van der Waals surface area contributed by atoms with Crippen molar-refractivity contribution < 1.29 is 18.0 Å². The van der Waals surface area contributed by atoms with Crippen LogP contribution in [0.5, 0.6) is 0 Å². The van der Waals surface area contributed by atoms with Gasteiger partial charge >= 0.3 is 0 Å². The van der Waals surface area contributed by atoms with Gasteiger partial charge in [-0.05, 0) is 24.6 Å². The summed E-state index contributed by atoms with van der Waals surface area (Å²) in [5.41, 5.74) is 1.34. The Morgan fingerprint density at radius 2 is 1.85 bits per heavy atom. The van der Waals surface area contributed by atoms with Crippen molar-refractivity contribution in [2.45, 2.75) is 13.5 Å². The summed E-state index contributed by atoms with van der Waals surface area (Å²) in [6, 6.07) is 9.03. The van der Waals surface area contributed by atoms with Crippen molar-refractivity contribution in [3.8, 4) is 0 Å². The van der Waals surface area contributed by atoms with E-state index in [-0.39, 0.29) is 6.54 Å². The van der Waals surface area contributed by atoms with Crippen molar-refractivity contribution in [1.82, 2.24) is 5.32 Å². The summed E-state index contributed by atoms with van der Waals surface area (Å²) in [5.74, 6) is -5.24. The summed E-state index contributed by atoms with van der Waals surface area (Å²) in [7, 11) is 0. The van der Waals surface area contributed by atoms with E-state index in [1.807, 2.05) is 25.1 Å². The molecule has 0 spiro atoms. The highest BCUT2D eigenvalue weighted by Crippen LogP contribution is 2.15. The molecule has 5 heteroatoms. The molecule has 104 valence electrons. The summed E-state index contributed by atoms with van der Waals surface area (Å²) < 4.78 is 39.2. The van der Waals surface area contributed by atoms with Gasteiger partial charge in [0.15, 0.2) is 17.5 Å². The largest absolute Gasteiger partial charge is 0.348 e. The van der Waals surface area contributed by atoms with Crippen LogP contribution < -0.4 is 5.32 Å². The lowest BCUT2D eigenvalue weighted by molar-refractivity contribution is 0.0945. The summed E-state index contributed by atoms with van der Waals surface area (Å²) >= 11 is 0. The highest BCUT2D eigenvalue weighted by Gasteiger charge is 2.18. The second-order valence-corrected chi connectivity index (χ2v) is 4.39. The van der Waals surface area contributed by atoms with Crippen LogP contribution in [0.3, 0.4) is 0 Å². The quantitative estimate of drug-likeness (QED) is 0.858. The molecule has 2 aromatic carbocycles. The van der Waals surface area contributed by atoms with Crippen molar-refractivity contribution in [1.29, 1.82) is 0 Å². The molecule has 0 bridgehead atoms. The Hall–Kier alpha value is -2.30. The van der Waals surface area contributed by atoms with Crippen molar-refractivity contribution in [3.05, 3.63) is 70.5 Å². The maximum Gasteiger partial charge on any atom is 0.254 e. The van der Waals surface area contributed by atoms with Gasteiger partial charge in [-0.3, -0.25) is 4.79 Å². The molecular formula is C15H12F3NO. The molecule has 0 fully saturated rings. The van der Waals surface area contributed by atoms with E-state index in [4.69, 9.17) is 0 Å². The van der Waals surface area contributed by atoms with Gasteiger partial charge in [0.1, 0.15) is 0 Å². The molecule has 0 atom stereocenters. The van der Waals surface area contributed by atoms with Crippen LogP contribution in [0.15, 0.2) is 36.4 Å². The molecule has 1 amide bonds. The van der Waals surface area contributed by atoms with Gasteiger partial charge in [0.2, 0.25) is 0 Å². The van der Waals surface area contributed by atoms with Gasteiger partial charge in [0, 0.05) is 6.54 Å².